The quantitative estimate of drug-likeness (QED) is 0.767. The number of benzene rings is 1. The Morgan fingerprint density at radius 3 is 2.56 bits per heavy atom. The molecule has 1 heterocycles. The van der Waals surface area contributed by atoms with E-state index in [1.807, 2.05) is 38.1 Å². The van der Waals surface area contributed by atoms with Gasteiger partial charge >= 0.3 is 0 Å². The summed E-state index contributed by atoms with van der Waals surface area (Å²) in [6, 6.07) is 10.6. The smallest absolute Gasteiger partial charge is 0.253 e. The Bertz CT molecular complexity index is 731. The summed E-state index contributed by atoms with van der Waals surface area (Å²) in [6.07, 6.45) is 1.42. The van der Waals surface area contributed by atoms with Crippen LogP contribution in [0.15, 0.2) is 47.1 Å². The number of likely N-dealkylation sites (N-methyl/N-ethyl adjacent to an activating group) is 1. The molecule has 132 valence electrons. The predicted octanol–water partition coefficient (Wildman–Crippen LogP) is 3.23. The lowest BCUT2D eigenvalue weighted by Crippen LogP contribution is -2.40. The Hall–Kier alpha value is -2.41. The van der Waals surface area contributed by atoms with Crippen molar-refractivity contribution in [3.05, 3.63) is 52.6 Å². The number of ether oxygens (including phenoxy) is 1. The Balaban J connectivity index is 1.92. The summed E-state index contributed by atoms with van der Waals surface area (Å²) in [7, 11) is 0. The molecule has 0 atom stereocenters. The lowest BCUT2D eigenvalue weighted by Gasteiger charge is -2.18. The average molecular weight is 406 g/mol. The molecular weight excluding hydrogens is 386 g/mol. The fourth-order valence-electron chi connectivity index (χ4n) is 2.17. The first-order valence-electron chi connectivity index (χ1n) is 7.99. The molecule has 2 rings (SSSR count). The molecular formula is C18H20BrN3O3. The van der Waals surface area contributed by atoms with Crippen LogP contribution in [0.25, 0.3) is 0 Å². The number of amides is 2. The summed E-state index contributed by atoms with van der Waals surface area (Å²) in [6.45, 7) is 5.01. The normalized spacial score (nSPS) is 10.2. The Morgan fingerprint density at radius 1 is 1.20 bits per heavy atom. The van der Waals surface area contributed by atoms with Crippen LogP contribution >= 0.6 is 15.9 Å². The van der Waals surface area contributed by atoms with Crippen molar-refractivity contribution in [3.8, 4) is 11.6 Å². The first-order chi connectivity index (χ1) is 12.0. The van der Waals surface area contributed by atoms with Crippen molar-refractivity contribution in [2.24, 2.45) is 0 Å². The van der Waals surface area contributed by atoms with Crippen LogP contribution in [0.4, 0.5) is 0 Å². The molecule has 0 saturated carbocycles. The number of hydrogen-bond acceptors (Lipinski definition) is 4. The molecule has 0 spiro atoms. The molecule has 6 nitrogen and oxygen atoms in total. The van der Waals surface area contributed by atoms with Gasteiger partial charge in [0, 0.05) is 29.8 Å². The van der Waals surface area contributed by atoms with E-state index in [1.165, 1.54) is 6.20 Å². The zero-order valence-corrected chi connectivity index (χ0v) is 15.7. The van der Waals surface area contributed by atoms with Crippen molar-refractivity contribution in [3.63, 3.8) is 0 Å². The molecule has 0 saturated heterocycles. The molecule has 0 unspecified atom stereocenters. The van der Waals surface area contributed by atoms with Gasteiger partial charge in [-0.15, -0.1) is 0 Å². The number of hydrogen-bond donors (Lipinski definition) is 1. The standard InChI is InChI=1S/C18H20BrN3O3/c1-3-22(4-2)17(23)12-21-18(24)13-8-9-16(20-11-13)25-15-7-5-6-14(19)10-15/h5-11H,3-4,12H2,1-2H3,(H,21,24). The summed E-state index contributed by atoms with van der Waals surface area (Å²) in [5.74, 6) is 0.570. The van der Waals surface area contributed by atoms with E-state index in [4.69, 9.17) is 4.74 Å². The van der Waals surface area contributed by atoms with Crippen LogP contribution in [0.2, 0.25) is 0 Å². The number of nitrogens with zero attached hydrogens (tertiary/aromatic N) is 2. The van der Waals surface area contributed by atoms with Crippen molar-refractivity contribution in [2.75, 3.05) is 19.6 Å². The van der Waals surface area contributed by atoms with Gasteiger partial charge in [-0.25, -0.2) is 4.98 Å². The van der Waals surface area contributed by atoms with E-state index >= 15 is 0 Å². The second-order valence-corrected chi connectivity index (χ2v) is 6.11. The maximum atomic E-state index is 12.1. The van der Waals surface area contributed by atoms with Gasteiger partial charge in [0.25, 0.3) is 5.91 Å². The summed E-state index contributed by atoms with van der Waals surface area (Å²) < 4.78 is 6.52. The van der Waals surface area contributed by atoms with E-state index in [1.54, 1.807) is 17.0 Å². The van der Waals surface area contributed by atoms with Gasteiger partial charge in [0.1, 0.15) is 5.75 Å². The van der Waals surface area contributed by atoms with Crippen molar-refractivity contribution in [1.29, 1.82) is 0 Å². The third kappa shape index (κ3) is 5.56. The highest BCUT2D eigenvalue weighted by Crippen LogP contribution is 2.22. The molecule has 0 bridgehead atoms. The van der Waals surface area contributed by atoms with Gasteiger partial charge in [0.05, 0.1) is 12.1 Å². The van der Waals surface area contributed by atoms with E-state index in [9.17, 15) is 9.59 Å². The van der Waals surface area contributed by atoms with E-state index in [0.29, 0.717) is 30.3 Å². The molecule has 1 aromatic carbocycles. The molecule has 2 aromatic rings. The number of aromatic nitrogens is 1. The molecule has 0 radical (unpaired) electrons. The number of carbonyl (C=O) groups excluding carboxylic acids is 2. The lowest BCUT2D eigenvalue weighted by molar-refractivity contribution is -0.129. The molecule has 0 aliphatic heterocycles. The zero-order chi connectivity index (χ0) is 18.2. The highest BCUT2D eigenvalue weighted by Gasteiger charge is 2.12. The first-order valence-corrected chi connectivity index (χ1v) is 8.78. The third-order valence-corrected chi connectivity index (χ3v) is 4.03. The number of carbonyl (C=O) groups is 2. The van der Waals surface area contributed by atoms with Gasteiger partial charge < -0.3 is 15.0 Å². The molecule has 0 fully saturated rings. The Morgan fingerprint density at radius 2 is 1.96 bits per heavy atom. The van der Waals surface area contributed by atoms with Crippen LogP contribution in [0.3, 0.4) is 0 Å². The van der Waals surface area contributed by atoms with Crippen LogP contribution < -0.4 is 10.1 Å². The van der Waals surface area contributed by atoms with Crippen molar-refractivity contribution >= 4 is 27.7 Å². The average Bonchev–Trinajstić information content (AvgIpc) is 2.61. The number of nitrogens with one attached hydrogen (secondary N) is 1. The van der Waals surface area contributed by atoms with Crippen LogP contribution in [0.5, 0.6) is 11.6 Å². The SMILES string of the molecule is CCN(CC)C(=O)CNC(=O)c1ccc(Oc2cccc(Br)c2)nc1. The number of rotatable bonds is 7. The van der Waals surface area contributed by atoms with Crippen LogP contribution in [0.1, 0.15) is 24.2 Å². The van der Waals surface area contributed by atoms with Crippen molar-refractivity contribution in [1.82, 2.24) is 15.2 Å². The highest BCUT2D eigenvalue weighted by atomic mass is 79.9. The lowest BCUT2D eigenvalue weighted by atomic mass is 10.2. The van der Waals surface area contributed by atoms with E-state index in [0.717, 1.165) is 4.47 Å². The van der Waals surface area contributed by atoms with Gasteiger partial charge in [-0.05, 0) is 38.1 Å². The zero-order valence-electron chi connectivity index (χ0n) is 14.2. The Labute approximate surface area is 155 Å². The number of pyridine rings is 1. The van der Waals surface area contributed by atoms with Gasteiger partial charge in [-0.1, -0.05) is 22.0 Å². The maximum absolute atomic E-state index is 12.1. The van der Waals surface area contributed by atoms with E-state index in [-0.39, 0.29) is 18.4 Å². The van der Waals surface area contributed by atoms with Gasteiger partial charge in [-0.3, -0.25) is 9.59 Å². The Kier molecular flexibility index (Phi) is 6.94. The van der Waals surface area contributed by atoms with Gasteiger partial charge in [0.15, 0.2) is 0 Å². The minimum atomic E-state index is -0.345. The number of halogens is 1. The van der Waals surface area contributed by atoms with Crippen molar-refractivity contribution < 1.29 is 14.3 Å². The largest absolute Gasteiger partial charge is 0.439 e. The minimum Gasteiger partial charge on any atom is -0.439 e. The van der Waals surface area contributed by atoms with Crippen LogP contribution in [0, 0.1) is 0 Å². The van der Waals surface area contributed by atoms with E-state index < -0.39 is 0 Å². The summed E-state index contributed by atoms with van der Waals surface area (Å²) in [4.78, 5) is 29.8. The van der Waals surface area contributed by atoms with Gasteiger partial charge in [0.2, 0.25) is 11.8 Å². The second kappa shape index (κ2) is 9.17. The molecule has 1 aromatic heterocycles. The summed E-state index contributed by atoms with van der Waals surface area (Å²) in [5.41, 5.74) is 0.369. The topological polar surface area (TPSA) is 71.5 Å². The highest BCUT2D eigenvalue weighted by molar-refractivity contribution is 9.10. The third-order valence-electron chi connectivity index (χ3n) is 3.53. The van der Waals surface area contributed by atoms with Crippen LogP contribution in [-0.2, 0) is 4.79 Å². The predicted molar refractivity (Wildman–Crippen MR) is 98.7 cm³/mol. The summed E-state index contributed by atoms with van der Waals surface area (Å²) in [5, 5.41) is 2.61. The summed E-state index contributed by atoms with van der Waals surface area (Å²) >= 11 is 3.37. The van der Waals surface area contributed by atoms with Crippen LogP contribution in [-0.4, -0.2) is 41.3 Å². The fraction of sp³-hybridized carbons (Fsp3) is 0.278. The first kappa shape index (κ1) is 18.9. The molecule has 1 N–H and O–H groups in total. The van der Waals surface area contributed by atoms with E-state index in [2.05, 4.69) is 26.2 Å². The maximum Gasteiger partial charge on any atom is 0.253 e. The monoisotopic (exact) mass is 405 g/mol. The van der Waals surface area contributed by atoms with Crippen molar-refractivity contribution in [2.45, 2.75) is 13.8 Å². The van der Waals surface area contributed by atoms with Gasteiger partial charge in [-0.2, -0.15) is 0 Å². The molecule has 25 heavy (non-hydrogen) atoms. The molecule has 0 aliphatic carbocycles. The fourth-order valence-corrected chi connectivity index (χ4v) is 2.55. The second-order valence-electron chi connectivity index (χ2n) is 5.19. The molecule has 0 aliphatic rings. The molecule has 7 heteroatoms. The minimum absolute atomic E-state index is 0.0309. The molecule has 2 amide bonds.